The van der Waals surface area contributed by atoms with E-state index in [0.29, 0.717) is 16.8 Å². The maximum atomic E-state index is 13.0. The summed E-state index contributed by atoms with van der Waals surface area (Å²) in [7, 11) is 0. The second-order valence-electron chi connectivity index (χ2n) is 7.51. The Morgan fingerprint density at radius 3 is 2.42 bits per heavy atom. The number of nitrogens with one attached hydrogen (secondary N) is 1. The molecule has 0 saturated carbocycles. The molecule has 0 radical (unpaired) electrons. The van der Waals surface area contributed by atoms with Crippen LogP contribution in [0.2, 0.25) is 0 Å². The number of aromatic nitrogens is 2. The van der Waals surface area contributed by atoms with Crippen molar-refractivity contribution >= 4 is 43.4 Å². The van der Waals surface area contributed by atoms with Crippen molar-refractivity contribution < 1.29 is 4.79 Å². The number of hydrogen-bond acceptors (Lipinski definition) is 4. The molecule has 0 aromatic carbocycles. The second kappa shape index (κ2) is 8.08. The summed E-state index contributed by atoms with van der Waals surface area (Å²) in [6, 6.07) is 0. The number of hydrogen-bond donors (Lipinski definition) is 1. The summed E-state index contributed by atoms with van der Waals surface area (Å²) in [6.45, 7) is 9.80. The summed E-state index contributed by atoms with van der Waals surface area (Å²) < 4.78 is 3.53. The first-order valence-electron chi connectivity index (χ1n) is 8.80. The highest BCUT2D eigenvalue weighted by Crippen LogP contribution is 2.32. The van der Waals surface area contributed by atoms with E-state index in [4.69, 9.17) is 0 Å². The number of rotatable bonds is 6. The number of unbranched alkanes of at least 4 members (excludes halogenated alkanes) is 2. The zero-order valence-corrected chi connectivity index (χ0v) is 18.3. The van der Waals surface area contributed by atoms with E-state index in [1.165, 1.54) is 11.3 Å². The van der Waals surface area contributed by atoms with Gasteiger partial charge in [-0.2, -0.15) is 0 Å². The van der Waals surface area contributed by atoms with E-state index in [0.717, 1.165) is 33.2 Å². The smallest absolute Gasteiger partial charge is 0.332 e. The van der Waals surface area contributed by atoms with Crippen molar-refractivity contribution in [2.45, 2.75) is 72.5 Å². The summed E-state index contributed by atoms with van der Waals surface area (Å²) in [5.41, 5.74) is -0.437. The lowest BCUT2D eigenvalue weighted by Crippen LogP contribution is -2.47. The topological polar surface area (TPSA) is 73.1 Å². The Hall–Kier alpha value is -1.41. The van der Waals surface area contributed by atoms with Gasteiger partial charge in [0.05, 0.1) is 9.17 Å². The largest absolute Gasteiger partial charge is 0.350 e. The van der Waals surface area contributed by atoms with E-state index < -0.39 is 16.8 Å². The summed E-state index contributed by atoms with van der Waals surface area (Å²) in [5, 5.41) is 3.32. The Morgan fingerprint density at radius 1 is 1.19 bits per heavy atom. The highest BCUT2D eigenvalue weighted by atomic mass is 79.9. The fourth-order valence-corrected chi connectivity index (χ4v) is 4.53. The molecule has 0 spiro atoms. The van der Waals surface area contributed by atoms with Crippen LogP contribution < -0.4 is 16.6 Å². The summed E-state index contributed by atoms with van der Waals surface area (Å²) in [5.74, 6) is -0.344. The van der Waals surface area contributed by atoms with E-state index in [1.807, 2.05) is 27.7 Å². The zero-order chi connectivity index (χ0) is 19.6. The van der Waals surface area contributed by atoms with E-state index in [-0.39, 0.29) is 12.5 Å². The molecule has 0 atom stereocenters. The van der Waals surface area contributed by atoms with E-state index in [1.54, 1.807) is 4.57 Å². The van der Waals surface area contributed by atoms with Crippen molar-refractivity contribution in [3.8, 4) is 0 Å². The first kappa shape index (κ1) is 20.9. The van der Waals surface area contributed by atoms with E-state index >= 15 is 0 Å². The minimum absolute atomic E-state index is 0.272. The van der Waals surface area contributed by atoms with Gasteiger partial charge in [0.25, 0.3) is 5.56 Å². The number of fused-ring (bicyclic) bond motifs is 1. The summed E-state index contributed by atoms with van der Waals surface area (Å²) >= 11 is 4.87. The van der Waals surface area contributed by atoms with Crippen LogP contribution in [0.3, 0.4) is 0 Å². The second-order valence-corrected chi connectivity index (χ2v) is 9.83. The quantitative estimate of drug-likeness (QED) is 0.695. The maximum absolute atomic E-state index is 13.0. The third-order valence-electron chi connectivity index (χ3n) is 4.04. The van der Waals surface area contributed by atoms with Crippen LogP contribution in [-0.2, 0) is 17.9 Å². The van der Waals surface area contributed by atoms with Gasteiger partial charge in [0.1, 0.15) is 11.4 Å². The van der Waals surface area contributed by atoms with Gasteiger partial charge in [0, 0.05) is 12.1 Å². The third kappa shape index (κ3) is 4.46. The number of carbonyl (C=O) groups is 1. The number of carbonyl (C=O) groups excluding carboxylic acids is 1. The molecule has 6 nitrogen and oxygen atoms in total. The van der Waals surface area contributed by atoms with Crippen molar-refractivity contribution in [3.63, 3.8) is 0 Å². The number of nitrogens with zero attached hydrogens (tertiary/aromatic N) is 2. The normalized spacial score (nSPS) is 11.9. The molecule has 2 heterocycles. The predicted octanol–water partition coefficient (Wildman–Crippen LogP) is 3.40. The molecule has 2 rings (SSSR count). The van der Waals surface area contributed by atoms with Crippen molar-refractivity contribution in [2.24, 2.45) is 0 Å². The van der Waals surface area contributed by atoms with E-state index in [2.05, 4.69) is 28.2 Å². The van der Waals surface area contributed by atoms with Gasteiger partial charge in [-0.15, -0.1) is 11.3 Å². The van der Waals surface area contributed by atoms with Crippen molar-refractivity contribution in [2.75, 3.05) is 0 Å². The Kier molecular flexibility index (Phi) is 6.50. The minimum Gasteiger partial charge on any atom is -0.350 e. The average Bonchev–Trinajstić information content (AvgIpc) is 2.81. The number of halogens is 1. The van der Waals surface area contributed by atoms with Crippen LogP contribution in [0.5, 0.6) is 0 Å². The molecule has 8 heteroatoms. The van der Waals surface area contributed by atoms with Gasteiger partial charge in [-0.3, -0.25) is 18.7 Å². The van der Waals surface area contributed by atoms with Crippen molar-refractivity contribution in [1.29, 1.82) is 0 Å². The lowest BCUT2D eigenvalue weighted by molar-refractivity contribution is -0.123. The third-order valence-corrected chi connectivity index (χ3v) is 6.22. The molecule has 0 aliphatic heterocycles. The fraction of sp³-hybridized carbons (Fsp3) is 0.611. The van der Waals surface area contributed by atoms with Crippen LogP contribution in [0.4, 0.5) is 0 Å². The lowest BCUT2D eigenvalue weighted by atomic mass is 10.1. The molecule has 144 valence electrons. The molecule has 0 saturated heterocycles. The minimum atomic E-state index is -0.424. The van der Waals surface area contributed by atoms with Crippen LogP contribution in [0, 0.1) is 6.92 Å². The van der Waals surface area contributed by atoms with Gasteiger partial charge in [-0.05, 0) is 55.6 Å². The molecular formula is C18H26BrN3O3S. The van der Waals surface area contributed by atoms with Crippen LogP contribution in [0.15, 0.2) is 13.4 Å². The monoisotopic (exact) mass is 443 g/mol. The van der Waals surface area contributed by atoms with Crippen LogP contribution in [-0.4, -0.2) is 20.6 Å². The number of thiophene rings is 1. The highest BCUT2D eigenvalue weighted by molar-refractivity contribution is 9.11. The first-order chi connectivity index (χ1) is 12.1. The van der Waals surface area contributed by atoms with Crippen LogP contribution >= 0.6 is 27.3 Å². The Bertz CT molecular complexity index is 934. The van der Waals surface area contributed by atoms with Gasteiger partial charge >= 0.3 is 5.69 Å². The zero-order valence-electron chi connectivity index (χ0n) is 15.9. The molecule has 1 N–H and O–H groups in total. The Labute approximate surface area is 165 Å². The van der Waals surface area contributed by atoms with Gasteiger partial charge in [0.15, 0.2) is 0 Å². The molecule has 0 bridgehead atoms. The molecule has 26 heavy (non-hydrogen) atoms. The molecule has 0 unspecified atom stereocenters. The molecule has 1 amide bonds. The number of amides is 1. The first-order valence-corrected chi connectivity index (χ1v) is 10.4. The molecular weight excluding hydrogens is 418 g/mol. The molecule has 2 aromatic heterocycles. The average molecular weight is 444 g/mol. The number of aryl methyl sites for hydroxylation is 2. The van der Waals surface area contributed by atoms with Crippen LogP contribution in [0.1, 0.15) is 52.5 Å². The standard InChI is InChI=1S/C18H26BrN3O3S/c1-6-7-8-9-21-16-13(11(2)14(19)26-16)15(24)22(17(21)25)10-12(23)20-18(3,4)5/h6-10H2,1-5H3,(H,20,23). The van der Waals surface area contributed by atoms with Gasteiger partial charge in [0.2, 0.25) is 5.91 Å². The SMILES string of the molecule is CCCCCn1c(=O)n(CC(=O)NC(C)(C)C)c(=O)c2c(C)c(Br)sc21. The molecule has 2 aromatic rings. The molecule has 0 aliphatic carbocycles. The summed E-state index contributed by atoms with van der Waals surface area (Å²) in [6.07, 6.45) is 2.90. The lowest BCUT2D eigenvalue weighted by Gasteiger charge is -2.21. The van der Waals surface area contributed by atoms with Gasteiger partial charge in [-0.1, -0.05) is 19.8 Å². The molecule has 0 aliphatic rings. The highest BCUT2D eigenvalue weighted by Gasteiger charge is 2.21. The Morgan fingerprint density at radius 2 is 1.85 bits per heavy atom. The maximum Gasteiger partial charge on any atom is 0.332 e. The Balaban J connectivity index is 2.59. The van der Waals surface area contributed by atoms with E-state index in [9.17, 15) is 14.4 Å². The van der Waals surface area contributed by atoms with Crippen LogP contribution in [0.25, 0.3) is 10.2 Å². The van der Waals surface area contributed by atoms with Crippen molar-refractivity contribution in [1.82, 2.24) is 14.5 Å². The summed E-state index contributed by atoms with van der Waals surface area (Å²) in [4.78, 5) is 38.9. The molecule has 0 fully saturated rings. The van der Waals surface area contributed by atoms with Gasteiger partial charge in [-0.25, -0.2) is 4.79 Å². The van der Waals surface area contributed by atoms with Gasteiger partial charge < -0.3 is 5.32 Å². The predicted molar refractivity (Wildman–Crippen MR) is 110 cm³/mol. The fourth-order valence-electron chi connectivity index (χ4n) is 2.83. The van der Waals surface area contributed by atoms with Crippen molar-refractivity contribution in [3.05, 3.63) is 30.2 Å².